The van der Waals surface area contributed by atoms with Gasteiger partial charge in [-0.15, -0.1) is 0 Å². The van der Waals surface area contributed by atoms with Crippen LogP contribution in [0.2, 0.25) is 0 Å². The summed E-state index contributed by atoms with van der Waals surface area (Å²) in [6, 6.07) is 7.74. The Morgan fingerprint density at radius 2 is 2.07 bits per heavy atom. The zero-order valence-electron chi connectivity index (χ0n) is 8.94. The summed E-state index contributed by atoms with van der Waals surface area (Å²) in [5.74, 6) is 0.317. The number of rotatable bonds is 2. The Balaban J connectivity index is 2.06. The molecule has 0 bridgehead atoms. The van der Waals surface area contributed by atoms with Crippen molar-refractivity contribution < 1.29 is 9.84 Å². The van der Waals surface area contributed by atoms with Crippen molar-refractivity contribution in [3.05, 3.63) is 29.8 Å². The normalized spacial score (nSPS) is 26.5. The lowest BCUT2D eigenvalue weighted by Crippen LogP contribution is -2.35. The van der Waals surface area contributed by atoms with Crippen LogP contribution in [0.3, 0.4) is 0 Å². The van der Waals surface area contributed by atoms with Crippen LogP contribution in [0, 0.1) is 0 Å². The molecule has 3 nitrogen and oxygen atoms in total. The third kappa shape index (κ3) is 2.49. The van der Waals surface area contributed by atoms with Gasteiger partial charge in [0.05, 0.1) is 6.10 Å². The maximum absolute atomic E-state index is 9.21. The summed E-state index contributed by atoms with van der Waals surface area (Å²) in [6.45, 7) is 0.990. The van der Waals surface area contributed by atoms with Crippen LogP contribution in [0.4, 0.5) is 0 Å². The molecule has 1 aromatic rings. The van der Waals surface area contributed by atoms with Crippen LogP contribution in [0.1, 0.15) is 24.4 Å². The molecule has 0 radical (unpaired) electrons. The van der Waals surface area contributed by atoms with E-state index in [0.717, 1.165) is 19.4 Å². The average Bonchev–Trinajstić information content (AvgIpc) is 2.30. The van der Waals surface area contributed by atoms with Crippen LogP contribution in [-0.4, -0.2) is 24.9 Å². The maximum Gasteiger partial charge on any atom is 0.115 e. The van der Waals surface area contributed by atoms with Gasteiger partial charge in [0, 0.05) is 13.2 Å². The lowest BCUT2D eigenvalue weighted by atomic mass is 9.95. The van der Waals surface area contributed by atoms with Gasteiger partial charge in [-0.1, -0.05) is 12.1 Å². The predicted octanol–water partition coefficient (Wildman–Crippen LogP) is 1.83. The molecule has 1 heterocycles. The number of ether oxygens (including phenoxy) is 1. The molecular formula is C12H17NO2. The van der Waals surface area contributed by atoms with Crippen molar-refractivity contribution in [1.82, 2.24) is 5.32 Å². The highest BCUT2D eigenvalue weighted by Gasteiger charge is 2.22. The number of aromatic hydroxyl groups is 1. The molecule has 1 aliphatic heterocycles. The number of methoxy groups -OCH3 is 1. The highest BCUT2D eigenvalue weighted by atomic mass is 16.5. The van der Waals surface area contributed by atoms with Gasteiger partial charge < -0.3 is 15.2 Å². The van der Waals surface area contributed by atoms with Gasteiger partial charge in [0.1, 0.15) is 5.75 Å². The number of piperidine rings is 1. The molecule has 15 heavy (non-hydrogen) atoms. The summed E-state index contributed by atoms with van der Waals surface area (Å²) in [5, 5.41) is 12.7. The van der Waals surface area contributed by atoms with Crippen molar-refractivity contribution in [2.45, 2.75) is 25.0 Å². The van der Waals surface area contributed by atoms with Gasteiger partial charge in [-0.2, -0.15) is 0 Å². The molecule has 1 saturated heterocycles. The van der Waals surface area contributed by atoms with Gasteiger partial charge in [0.25, 0.3) is 0 Å². The van der Waals surface area contributed by atoms with Crippen molar-refractivity contribution in [1.29, 1.82) is 0 Å². The number of hydrogen-bond acceptors (Lipinski definition) is 3. The topological polar surface area (TPSA) is 41.5 Å². The van der Waals surface area contributed by atoms with E-state index < -0.39 is 0 Å². The molecule has 0 aliphatic carbocycles. The number of benzene rings is 1. The molecule has 1 fully saturated rings. The fourth-order valence-electron chi connectivity index (χ4n) is 2.06. The van der Waals surface area contributed by atoms with Gasteiger partial charge >= 0.3 is 0 Å². The first-order valence-electron chi connectivity index (χ1n) is 5.34. The van der Waals surface area contributed by atoms with Gasteiger partial charge in [-0.25, -0.2) is 0 Å². The van der Waals surface area contributed by atoms with Crippen molar-refractivity contribution in [3.8, 4) is 5.75 Å². The predicted molar refractivity (Wildman–Crippen MR) is 58.9 cm³/mol. The average molecular weight is 207 g/mol. The first-order valence-corrected chi connectivity index (χ1v) is 5.34. The van der Waals surface area contributed by atoms with E-state index in [0.29, 0.717) is 17.9 Å². The molecule has 2 atom stereocenters. The fraction of sp³-hybridized carbons (Fsp3) is 0.500. The number of phenolic OH excluding ortho intramolecular Hbond substituents is 1. The van der Waals surface area contributed by atoms with Crippen LogP contribution >= 0.6 is 0 Å². The van der Waals surface area contributed by atoms with Gasteiger partial charge in [-0.3, -0.25) is 0 Å². The molecular weight excluding hydrogens is 190 g/mol. The maximum atomic E-state index is 9.21. The van der Waals surface area contributed by atoms with Crippen LogP contribution in [0.15, 0.2) is 24.3 Å². The van der Waals surface area contributed by atoms with Gasteiger partial charge in [0.15, 0.2) is 0 Å². The van der Waals surface area contributed by atoms with Crippen LogP contribution in [-0.2, 0) is 4.74 Å². The Morgan fingerprint density at radius 3 is 2.73 bits per heavy atom. The third-order valence-corrected chi connectivity index (χ3v) is 2.98. The smallest absolute Gasteiger partial charge is 0.115 e. The zero-order chi connectivity index (χ0) is 10.7. The third-order valence-electron chi connectivity index (χ3n) is 2.98. The summed E-state index contributed by atoms with van der Waals surface area (Å²) in [5.41, 5.74) is 1.22. The van der Waals surface area contributed by atoms with E-state index in [-0.39, 0.29) is 0 Å². The molecule has 1 aliphatic rings. The first kappa shape index (κ1) is 10.5. The molecule has 3 heteroatoms. The highest BCUT2D eigenvalue weighted by molar-refractivity contribution is 5.28. The quantitative estimate of drug-likeness (QED) is 0.777. The van der Waals surface area contributed by atoms with E-state index in [4.69, 9.17) is 4.74 Å². The van der Waals surface area contributed by atoms with Crippen molar-refractivity contribution in [2.24, 2.45) is 0 Å². The van der Waals surface area contributed by atoms with E-state index in [1.165, 1.54) is 5.56 Å². The Labute approximate surface area is 90.1 Å². The van der Waals surface area contributed by atoms with E-state index >= 15 is 0 Å². The van der Waals surface area contributed by atoms with Crippen molar-refractivity contribution in [2.75, 3.05) is 13.7 Å². The molecule has 0 saturated carbocycles. The second-order valence-electron chi connectivity index (χ2n) is 3.98. The number of phenols is 1. The van der Waals surface area contributed by atoms with Crippen LogP contribution in [0.5, 0.6) is 5.75 Å². The Morgan fingerprint density at radius 1 is 1.33 bits per heavy atom. The van der Waals surface area contributed by atoms with Crippen LogP contribution in [0.25, 0.3) is 0 Å². The Hall–Kier alpha value is -1.06. The van der Waals surface area contributed by atoms with Gasteiger partial charge in [0.2, 0.25) is 0 Å². The van der Waals surface area contributed by atoms with Gasteiger partial charge in [-0.05, 0) is 37.1 Å². The highest BCUT2D eigenvalue weighted by Crippen LogP contribution is 2.25. The van der Waals surface area contributed by atoms with Crippen LogP contribution < -0.4 is 5.32 Å². The second-order valence-corrected chi connectivity index (χ2v) is 3.98. The first-order chi connectivity index (χ1) is 7.29. The monoisotopic (exact) mass is 207 g/mol. The van der Waals surface area contributed by atoms with E-state index in [1.54, 1.807) is 19.2 Å². The van der Waals surface area contributed by atoms with Crippen molar-refractivity contribution >= 4 is 0 Å². The van der Waals surface area contributed by atoms with E-state index in [1.807, 2.05) is 12.1 Å². The summed E-state index contributed by atoms with van der Waals surface area (Å²) in [4.78, 5) is 0. The summed E-state index contributed by atoms with van der Waals surface area (Å²) < 4.78 is 5.38. The molecule has 0 aromatic heterocycles. The molecule has 2 N–H and O–H groups in total. The molecule has 0 amide bonds. The molecule has 2 rings (SSSR count). The summed E-state index contributed by atoms with van der Waals surface area (Å²) in [6.07, 6.45) is 2.43. The number of hydrogen-bond donors (Lipinski definition) is 2. The summed E-state index contributed by atoms with van der Waals surface area (Å²) in [7, 11) is 1.77. The van der Waals surface area contributed by atoms with Crippen molar-refractivity contribution in [3.63, 3.8) is 0 Å². The minimum atomic E-state index is 0.317. The Kier molecular flexibility index (Phi) is 3.23. The minimum absolute atomic E-state index is 0.317. The lowest BCUT2D eigenvalue weighted by molar-refractivity contribution is 0.0619. The molecule has 0 spiro atoms. The SMILES string of the molecule is COC1CCNC(c2ccc(O)cc2)C1. The minimum Gasteiger partial charge on any atom is -0.508 e. The fourth-order valence-corrected chi connectivity index (χ4v) is 2.06. The number of nitrogens with one attached hydrogen (secondary N) is 1. The zero-order valence-corrected chi connectivity index (χ0v) is 8.94. The van der Waals surface area contributed by atoms with E-state index in [9.17, 15) is 5.11 Å². The summed E-state index contributed by atoms with van der Waals surface area (Å²) >= 11 is 0. The molecule has 82 valence electrons. The standard InChI is InChI=1S/C12H17NO2/c1-15-11-6-7-13-12(8-11)9-2-4-10(14)5-3-9/h2-5,11-14H,6-8H2,1H3. The molecule has 2 unspecified atom stereocenters. The Bertz CT molecular complexity index is 310. The molecule has 1 aromatic carbocycles. The van der Waals surface area contributed by atoms with E-state index in [2.05, 4.69) is 5.32 Å². The largest absolute Gasteiger partial charge is 0.508 e. The lowest BCUT2D eigenvalue weighted by Gasteiger charge is -2.29. The second kappa shape index (κ2) is 4.64.